The molecule has 2 saturated heterocycles. The maximum atomic E-state index is 11.0. The van der Waals surface area contributed by atoms with E-state index in [-0.39, 0.29) is 6.04 Å². The second-order valence-corrected chi connectivity index (χ2v) is 5.13. The summed E-state index contributed by atoms with van der Waals surface area (Å²) in [6.45, 7) is 4.14. The van der Waals surface area contributed by atoms with Crippen molar-refractivity contribution in [2.24, 2.45) is 0 Å². The quantitative estimate of drug-likeness (QED) is 0.780. The normalized spacial score (nSPS) is 32.7. The number of aliphatic carboxylic acids is 1. The second-order valence-electron chi connectivity index (χ2n) is 5.13. The van der Waals surface area contributed by atoms with Crippen LogP contribution in [0.5, 0.6) is 0 Å². The molecule has 16 heavy (non-hydrogen) atoms. The summed E-state index contributed by atoms with van der Waals surface area (Å²) in [7, 11) is 1.96. The van der Waals surface area contributed by atoms with E-state index < -0.39 is 5.97 Å². The van der Waals surface area contributed by atoms with Crippen LogP contribution in [0.25, 0.3) is 0 Å². The van der Waals surface area contributed by atoms with Gasteiger partial charge in [0.2, 0.25) is 0 Å². The number of nitrogens with zero attached hydrogens (tertiary/aromatic N) is 2. The zero-order valence-corrected chi connectivity index (χ0v) is 10.2. The predicted octanol–water partition coefficient (Wildman–Crippen LogP) is 1.02. The van der Waals surface area contributed by atoms with Gasteiger partial charge in [0.1, 0.15) is 6.04 Å². The van der Waals surface area contributed by atoms with E-state index in [9.17, 15) is 4.79 Å². The summed E-state index contributed by atoms with van der Waals surface area (Å²) in [5, 5.41) is 9.05. The molecule has 2 fully saturated rings. The van der Waals surface area contributed by atoms with Crippen LogP contribution in [0.2, 0.25) is 0 Å². The van der Waals surface area contributed by atoms with E-state index in [1.165, 1.54) is 25.8 Å². The van der Waals surface area contributed by atoms with Crippen molar-refractivity contribution in [3.05, 3.63) is 0 Å². The molecule has 0 radical (unpaired) electrons. The number of likely N-dealkylation sites (N-methyl/N-ethyl adjacent to an activating group) is 1. The van der Waals surface area contributed by atoms with Gasteiger partial charge in [0.15, 0.2) is 0 Å². The van der Waals surface area contributed by atoms with Crippen molar-refractivity contribution in [1.29, 1.82) is 0 Å². The molecular formula is C12H22N2O2. The first-order valence-electron chi connectivity index (χ1n) is 6.30. The van der Waals surface area contributed by atoms with Gasteiger partial charge in [0, 0.05) is 18.6 Å². The summed E-state index contributed by atoms with van der Waals surface area (Å²) >= 11 is 0. The molecule has 0 aromatic rings. The van der Waals surface area contributed by atoms with Gasteiger partial charge in [-0.3, -0.25) is 14.6 Å². The third kappa shape index (κ3) is 2.09. The number of rotatable bonds is 3. The molecule has 3 atom stereocenters. The lowest BCUT2D eigenvalue weighted by molar-refractivity contribution is -0.143. The maximum Gasteiger partial charge on any atom is 0.320 e. The number of carboxylic acid groups (broad SMARTS) is 1. The van der Waals surface area contributed by atoms with Crippen molar-refractivity contribution in [2.45, 2.75) is 50.7 Å². The summed E-state index contributed by atoms with van der Waals surface area (Å²) in [5.41, 5.74) is 0. The van der Waals surface area contributed by atoms with Gasteiger partial charge in [-0.25, -0.2) is 0 Å². The van der Waals surface area contributed by atoms with Gasteiger partial charge in [-0.15, -0.1) is 0 Å². The third-order valence-electron chi connectivity index (χ3n) is 4.31. The average molecular weight is 226 g/mol. The molecular weight excluding hydrogens is 204 g/mol. The molecule has 2 heterocycles. The van der Waals surface area contributed by atoms with Gasteiger partial charge in [-0.05, 0) is 39.8 Å². The van der Waals surface area contributed by atoms with Crippen LogP contribution in [0.15, 0.2) is 0 Å². The van der Waals surface area contributed by atoms with Crippen LogP contribution in [0.3, 0.4) is 0 Å². The van der Waals surface area contributed by atoms with Crippen molar-refractivity contribution in [1.82, 2.24) is 9.80 Å². The summed E-state index contributed by atoms with van der Waals surface area (Å²) in [5.74, 6) is -0.711. The highest BCUT2D eigenvalue weighted by Crippen LogP contribution is 2.30. The van der Waals surface area contributed by atoms with E-state index in [0.29, 0.717) is 12.1 Å². The molecule has 0 aromatic heterocycles. The number of fused-ring (bicyclic) bond motifs is 1. The van der Waals surface area contributed by atoms with Gasteiger partial charge in [0.25, 0.3) is 0 Å². The first kappa shape index (κ1) is 11.9. The van der Waals surface area contributed by atoms with E-state index >= 15 is 0 Å². The smallest absolute Gasteiger partial charge is 0.320 e. The van der Waals surface area contributed by atoms with Crippen LogP contribution < -0.4 is 0 Å². The van der Waals surface area contributed by atoms with Crippen molar-refractivity contribution in [3.8, 4) is 0 Å². The molecule has 2 rings (SSSR count). The van der Waals surface area contributed by atoms with Crippen LogP contribution in [0.1, 0.15) is 32.6 Å². The lowest BCUT2D eigenvalue weighted by Gasteiger charge is -2.37. The topological polar surface area (TPSA) is 43.8 Å². The SMILES string of the molecule is CC(C(=O)O)N(C)C1CCN2CCCCC12. The van der Waals surface area contributed by atoms with Crippen molar-refractivity contribution in [2.75, 3.05) is 20.1 Å². The Morgan fingerprint density at radius 1 is 1.38 bits per heavy atom. The van der Waals surface area contributed by atoms with Crippen molar-refractivity contribution < 1.29 is 9.90 Å². The Morgan fingerprint density at radius 2 is 2.12 bits per heavy atom. The van der Waals surface area contributed by atoms with Gasteiger partial charge in [-0.1, -0.05) is 6.42 Å². The monoisotopic (exact) mass is 226 g/mol. The molecule has 0 aromatic carbocycles. The largest absolute Gasteiger partial charge is 0.480 e. The van der Waals surface area contributed by atoms with Gasteiger partial charge in [-0.2, -0.15) is 0 Å². The molecule has 0 aliphatic carbocycles. The highest BCUT2D eigenvalue weighted by molar-refractivity contribution is 5.72. The predicted molar refractivity (Wildman–Crippen MR) is 62.5 cm³/mol. The molecule has 3 unspecified atom stereocenters. The van der Waals surface area contributed by atoms with Crippen LogP contribution >= 0.6 is 0 Å². The zero-order valence-electron chi connectivity index (χ0n) is 10.2. The molecule has 1 N–H and O–H groups in total. The Morgan fingerprint density at radius 3 is 2.81 bits per heavy atom. The first-order chi connectivity index (χ1) is 7.61. The van der Waals surface area contributed by atoms with E-state index in [0.717, 1.165) is 13.0 Å². The molecule has 4 nitrogen and oxygen atoms in total. The molecule has 0 amide bonds. The number of hydrogen-bond acceptors (Lipinski definition) is 3. The van der Waals surface area contributed by atoms with E-state index in [2.05, 4.69) is 9.80 Å². The third-order valence-corrected chi connectivity index (χ3v) is 4.31. The van der Waals surface area contributed by atoms with Crippen LogP contribution in [0, 0.1) is 0 Å². The van der Waals surface area contributed by atoms with Gasteiger partial charge in [0.05, 0.1) is 0 Å². The highest BCUT2D eigenvalue weighted by atomic mass is 16.4. The zero-order chi connectivity index (χ0) is 11.7. The lowest BCUT2D eigenvalue weighted by atomic mass is 9.97. The van der Waals surface area contributed by atoms with Gasteiger partial charge >= 0.3 is 5.97 Å². The Balaban J connectivity index is 2.01. The number of hydrogen-bond donors (Lipinski definition) is 1. The van der Waals surface area contributed by atoms with Crippen LogP contribution in [0.4, 0.5) is 0 Å². The molecule has 2 aliphatic rings. The molecule has 0 bridgehead atoms. The molecule has 0 spiro atoms. The Kier molecular flexibility index (Phi) is 3.50. The van der Waals surface area contributed by atoms with Crippen LogP contribution in [-0.4, -0.2) is 59.1 Å². The van der Waals surface area contributed by atoms with E-state index in [1.54, 1.807) is 6.92 Å². The second kappa shape index (κ2) is 4.72. The van der Waals surface area contributed by atoms with Crippen molar-refractivity contribution >= 4 is 5.97 Å². The Labute approximate surface area is 97.2 Å². The summed E-state index contributed by atoms with van der Waals surface area (Å²) in [4.78, 5) is 15.6. The average Bonchev–Trinajstić information content (AvgIpc) is 2.70. The summed E-state index contributed by atoms with van der Waals surface area (Å²) in [6.07, 6.45) is 4.97. The fourth-order valence-electron chi connectivity index (χ4n) is 3.16. The van der Waals surface area contributed by atoms with E-state index in [1.807, 2.05) is 7.05 Å². The minimum Gasteiger partial charge on any atom is -0.480 e. The van der Waals surface area contributed by atoms with Crippen LogP contribution in [-0.2, 0) is 4.79 Å². The minimum atomic E-state index is -0.711. The molecule has 92 valence electrons. The number of piperidine rings is 1. The fourth-order valence-corrected chi connectivity index (χ4v) is 3.16. The highest BCUT2D eigenvalue weighted by Gasteiger charge is 2.39. The lowest BCUT2D eigenvalue weighted by Crippen LogP contribution is -2.50. The standard InChI is InChI=1S/C12H22N2O2/c1-9(12(15)16)13(2)10-6-8-14-7-4-3-5-11(10)14/h9-11H,3-8H2,1-2H3,(H,15,16). The first-order valence-corrected chi connectivity index (χ1v) is 6.30. The van der Waals surface area contributed by atoms with Gasteiger partial charge < -0.3 is 5.11 Å². The molecule has 0 saturated carbocycles. The Hall–Kier alpha value is -0.610. The Bertz CT molecular complexity index is 270. The van der Waals surface area contributed by atoms with Crippen molar-refractivity contribution in [3.63, 3.8) is 0 Å². The fraction of sp³-hybridized carbons (Fsp3) is 0.917. The van der Waals surface area contributed by atoms with E-state index in [4.69, 9.17) is 5.11 Å². The molecule has 2 aliphatic heterocycles. The summed E-state index contributed by atoms with van der Waals surface area (Å²) in [6, 6.07) is 0.666. The number of carbonyl (C=O) groups is 1. The molecule has 4 heteroatoms. The summed E-state index contributed by atoms with van der Waals surface area (Å²) < 4.78 is 0. The minimum absolute atomic E-state index is 0.369. The maximum absolute atomic E-state index is 11.0. The number of carboxylic acids is 1.